The third-order valence-electron chi connectivity index (χ3n) is 9.83. The molecule has 0 saturated heterocycles. The number of anilines is 2. The lowest BCUT2D eigenvalue weighted by molar-refractivity contribution is -0.572. The number of aromatic nitrogens is 3. The molecule has 6 nitrogen and oxygen atoms in total. The van der Waals surface area contributed by atoms with Crippen molar-refractivity contribution in [2.75, 3.05) is 4.81 Å². The summed E-state index contributed by atoms with van der Waals surface area (Å²) in [7, 11) is -2.36. The van der Waals surface area contributed by atoms with Gasteiger partial charge in [-0.3, -0.25) is 9.13 Å². The summed E-state index contributed by atoms with van der Waals surface area (Å²) in [5.41, 5.74) is 9.01. The molecule has 0 amide bonds. The van der Waals surface area contributed by atoms with Crippen LogP contribution in [-0.4, -0.2) is 24.7 Å². The molecule has 0 N–H and O–H groups in total. The van der Waals surface area contributed by atoms with Crippen LogP contribution in [0.5, 0.6) is 17.2 Å². The van der Waals surface area contributed by atoms with E-state index in [9.17, 15) is 0 Å². The van der Waals surface area contributed by atoms with Gasteiger partial charge in [-0.15, -0.1) is 0 Å². The van der Waals surface area contributed by atoms with E-state index in [1.807, 2.05) is 42.6 Å². The second-order valence-electron chi connectivity index (χ2n) is 13.1. The van der Waals surface area contributed by atoms with Gasteiger partial charge in [-0.05, 0) is 78.2 Å². The molecule has 4 heterocycles. The fourth-order valence-corrected chi connectivity index (χ4v) is 10.4. The van der Waals surface area contributed by atoms with Gasteiger partial charge in [-0.1, -0.05) is 91.0 Å². The monoisotopic (exact) mass is 640 g/mol. The van der Waals surface area contributed by atoms with Gasteiger partial charge >= 0.3 is 7.05 Å². The molecule has 9 rings (SSSR count). The Kier molecular flexibility index (Phi) is 6.39. The summed E-state index contributed by atoms with van der Waals surface area (Å²) in [4.78, 5) is 6.90. The standard InChI is InChI=1S/C40H33BN4O2Si/c1-27-12-10-13-28(2)39(27)41-45(38-18-8-9-23-42-38)33-24-30(19-21-35(33)47-41)46-31-20-22-36-34(25-31)44-26-43(29-14-6-5-7-15-29)32-16-11-17-37(40(32)44)48(36,3)4/h5-25H,1-4H3. The first-order chi connectivity index (χ1) is 23.4. The zero-order chi connectivity index (χ0) is 32.6. The largest absolute Gasteiger partial charge is 0.536 e. The molecule has 48 heavy (non-hydrogen) atoms. The quantitative estimate of drug-likeness (QED) is 0.121. The topological polar surface area (TPSA) is 43.4 Å². The summed E-state index contributed by atoms with van der Waals surface area (Å²) < 4.78 is 17.7. The Bertz CT molecular complexity index is 2360. The molecule has 0 spiro atoms. The van der Waals surface area contributed by atoms with Crippen molar-refractivity contribution in [1.29, 1.82) is 0 Å². The number of hydrogen-bond donors (Lipinski definition) is 0. The number of fused-ring (bicyclic) bond motifs is 3. The predicted molar refractivity (Wildman–Crippen MR) is 195 cm³/mol. The van der Waals surface area contributed by atoms with Crippen LogP contribution in [0.15, 0.2) is 128 Å². The van der Waals surface area contributed by atoms with E-state index in [1.54, 1.807) is 0 Å². The zero-order valence-electron chi connectivity index (χ0n) is 27.3. The van der Waals surface area contributed by atoms with Gasteiger partial charge in [0.15, 0.2) is 0 Å². The fraction of sp³-hybridized carbons (Fsp3) is 0.100. The second-order valence-corrected chi connectivity index (χ2v) is 17.5. The van der Waals surface area contributed by atoms with Crippen molar-refractivity contribution in [1.82, 2.24) is 9.55 Å². The Morgan fingerprint density at radius 3 is 2.25 bits per heavy atom. The lowest BCUT2D eigenvalue weighted by Gasteiger charge is -2.32. The van der Waals surface area contributed by atoms with Crippen LogP contribution in [0, 0.1) is 20.2 Å². The van der Waals surface area contributed by atoms with Crippen LogP contribution in [0.25, 0.3) is 22.4 Å². The van der Waals surface area contributed by atoms with Gasteiger partial charge in [-0.2, -0.15) is 0 Å². The molecule has 0 fully saturated rings. The first kappa shape index (κ1) is 28.6. The molecule has 7 aromatic rings. The molecule has 2 aromatic heterocycles. The van der Waals surface area contributed by atoms with Crippen molar-refractivity contribution < 1.29 is 14.0 Å². The number of rotatable bonds is 5. The highest BCUT2D eigenvalue weighted by molar-refractivity contribution is 7.02. The molecule has 0 saturated carbocycles. The van der Waals surface area contributed by atoms with Crippen LogP contribution in [0.2, 0.25) is 13.1 Å². The van der Waals surface area contributed by atoms with E-state index in [0.29, 0.717) is 0 Å². The second kappa shape index (κ2) is 10.7. The van der Waals surface area contributed by atoms with E-state index in [-0.39, 0.29) is 7.05 Å². The Labute approximate surface area is 281 Å². The highest BCUT2D eigenvalue weighted by atomic mass is 28.3. The predicted octanol–water partition coefficient (Wildman–Crippen LogP) is 6.57. The number of para-hydroxylation sites is 2. The lowest BCUT2D eigenvalue weighted by Crippen LogP contribution is -2.57. The summed E-state index contributed by atoms with van der Waals surface area (Å²) >= 11 is 0. The van der Waals surface area contributed by atoms with Gasteiger partial charge in [0, 0.05) is 12.3 Å². The molecule has 0 bridgehead atoms. The maximum absolute atomic E-state index is 6.66. The van der Waals surface area contributed by atoms with Crippen molar-refractivity contribution >= 4 is 53.5 Å². The molecule has 0 atom stereocenters. The molecular formula is C40H33BN4O2Si. The third kappa shape index (κ3) is 4.33. The fourth-order valence-electron chi connectivity index (χ4n) is 7.47. The summed E-state index contributed by atoms with van der Waals surface area (Å²) in [6, 6.07) is 42.0. The number of aryl methyl sites for hydroxylation is 2. The molecule has 5 aromatic carbocycles. The number of hydrogen-bond acceptors (Lipinski definition) is 4. The highest BCUT2D eigenvalue weighted by Crippen LogP contribution is 2.43. The van der Waals surface area contributed by atoms with Crippen molar-refractivity contribution in [2.24, 2.45) is 0 Å². The van der Waals surface area contributed by atoms with Gasteiger partial charge in [0.1, 0.15) is 31.1 Å². The van der Waals surface area contributed by atoms with Crippen LogP contribution in [0.3, 0.4) is 0 Å². The maximum atomic E-state index is 6.66. The number of pyridine rings is 1. The minimum absolute atomic E-state index is 0.342. The number of imidazole rings is 1. The zero-order valence-corrected chi connectivity index (χ0v) is 28.3. The van der Waals surface area contributed by atoms with Crippen LogP contribution >= 0.6 is 0 Å². The average Bonchev–Trinajstić information content (AvgIpc) is 3.67. The van der Waals surface area contributed by atoms with E-state index in [2.05, 4.69) is 132 Å². The van der Waals surface area contributed by atoms with E-state index < -0.39 is 8.07 Å². The Morgan fingerprint density at radius 2 is 1.48 bits per heavy atom. The first-order valence-corrected chi connectivity index (χ1v) is 19.3. The minimum atomic E-state index is -2.01. The average molecular weight is 641 g/mol. The van der Waals surface area contributed by atoms with Crippen molar-refractivity contribution in [3.63, 3.8) is 0 Å². The third-order valence-corrected chi connectivity index (χ3v) is 13.4. The smallest absolute Gasteiger partial charge is 0.526 e. The van der Waals surface area contributed by atoms with Crippen LogP contribution in [-0.2, 0) is 0 Å². The van der Waals surface area contributed by atoms with Crippen LogP contribution in [0.4, 0.5) is 11.5 Å². The Hall–Kier alpha value is -5.60. The molecule has 0 unspecified atom stereocenters. The molecule has 0 aliphatic carbocycles. The first-order valence-electron chi connectivity index (χ1n) is 16.3. The molecule has 2 aliphatic rings. The van der Waals surface area contributed by atoms with Crippen molar-refractivity contribution in [3.05, 3.63) is 145 Å². The number of ether oxygens (including phenoxy) is 1. The summed E-state index contributed by atoms with van der Waals surface area (Å²) in [5.74, 6) is 3.12. The van der Waals surface area contributed by atoms with Crippen LogP contribution < -0.4 is 34.6 Å². The SMILES string of the molecule is Cc1cccc(C)c1B1Oc2ccc(Oc3ccc4c(c3)-n3[c-][n+](-c5ccccc5)c5cccc(c53)[Si]4(C)C)cc2N1c1ccccn1. The molecular weight excluding hydrogens is 607 g/mol. The van der Waals surface area contributed by atoms with E-state index in [4.69, 9.17) is 14.4 Å². The normalized spacial score (nSPS) is 14.1. The van der Waals surface area contributed by atoms with Gasteiger partial charge in [0.05, 0.1) is 28.1 Å². The number of nitrogens with zero attached hydrogens (tertiary/aromatic N) is 4. The summed E-state index contributed by atoms with van der Waals surface area (Å²) in [5, 5.41) is 2.78. The molecule has 8 heteroatoms. The molecule has 2 aliphatic heterocycles. The van der Waals surface area contributed by atoms with Gasteiger partial charge < -0.3 is 14.2 Å². The maximum Gasteiger partial charge on any atom is 0.526 e. The Balaban J connectivity index is 1.13. The van der Waals surface area contributed by atoms with Crippen LogP contribution in [0.1, 0.15) is 11.1 Å². The van der Waals surface area contributed by atoms with Crippen molar-refractivity contribution in [3.8, 4) is 28.6 Å². The van der Waals surface area contributed by atoms with Gasteiger partial charge in [0.25, 0.3) is 6.33 Å². The van der Waals surface area contributed by atoms with Crippen molar-refractivity contribution in [2.45, 2.75) is 26.9 Å². The molecule has 232 valence electrons. The van der Waals surface area contributed by atoms with E-state index in [1.165, 1.54) is 27.0 Å². The van der Waals surface area contributed by atoms with E-state index >= 15 is 0 Å². The molecule has 0 radical (unpaired) electrons. The number of benzene rings is 5. The summed E-state index contributed by atoms with van der Waals surface area (Å²) in [6.45, 7) is 9.14. The Morgan fingerprint density at radius 1 is 0.750 bits per heavy atom. The minimum Gasteiger partial charge on any atom is -0.536 e. The highest BCUT2D eigenvalue weighted by Gasteiger charge is 2.42. The van der Waals surface area contributed by atoms with Gasteiger partial charge in [0.2, 0.25) is 0 Å². The van der Waals surface area contributed by atoms with E-state index in [0.717, 1.165) is 51.1 Å². The lowest BCUT2D eigenvalue weighted by atomic mass is 9.67. The summed E-state index contributed by atoms with van der Waals surface area (Å²) in [6.07, 6.45) is 5.51. The van der Waals surface area contributed by atoms with Gasteiger partial charge in [-0.25, -0.2) is 4.98 Å².